The first-order valence-electron chi connectivity index (χ1n) is 6.45. The van der Waals surface area contributed by atoms with Crippen LogP contribution in [0.25, 0.3) is 0 Å². The molecule has 1 aromatic rings. The Hall–Kier alpha value is -1.50. The van der Waals surface area contributed by atoms with E-state index in [4.69, 9.17) is 0 Å². The molecule has 0 fully saturated rings. The molecule has 17 heavy (non-hydrogen) atoms. The van der Waals surface area contributed by atoms with Gasteiger partial charge in [0.2, 0.25) is 0 Å². The molecule has 0 aliphatic heterocycles. The summed E-state index contributed by atoms with van der Waals surface area (Å²) >= 11 is 0. The third-order valence-electron chi connectivity index (χ3n) is 3.41. The van der Waals surface area contributed by atoms with Crippen LogP contribution >= 0.6 is 0 Å². The highest BCUT2D eigenvalue weighted by Crippen LogP contribution is 2.30. The van der Waals surface area contributed by atoms with Crippen LogP contribution < -0.4 is 4.90 Å². The lowest BCUT2D eigenvalue weighted by Gasteiger charge is -2.31. The normalized spacial score (nSPS) is 15.8. The minimum atomic E-state index is 0.899. The zero-order valence-corrected chi connectivity index (χ0v) is 10.7. The van der Waals surface area contributed by atoms with E-state index in [-0.39, 0.29) is 0 Å². The van der Waals surface area contributed by atoms with Gasteiger partial charge in [0.15, 0.2) is 0 Å². The predicted octanol–water partition coefficient (Wildman–Crippen LogP) is 4.53. The molecular formula is C16H21N. The minimum Gasteiger partial charge on any atom is -0.341 e. The largest absolute Gasteiger partial charge is 0.341 e. The molecule has 1 aromatic carbocycles. The molecule has 1 aliphatic rings. The summed E-state index contributed by atoms with van der Waals surface area (Å²) in [5.74, 6) is 0. The number of para-hydroxylation sites is 1. The lowest BCUT2D eigenvalue weighted by molar-refractivity contribution is 0.652. The van der Waals surface area contributed by atoms with Gasteiger partial charge in [0.25, 0.3) is 0 Å². The highest BCUT2D eigenvalue weighted by atomic mass is 15.1. The maximum atomic E-state index is 3.88. The van der Waals surface area contributed by atoms with Crippen molar-refractivity contribution in [2.75, 3.05) is 11.4 Å². The van der Waals surface area contributed by atoms with Gasteiger partial charge in [-0.25, -0.2) is 0 Å². The van der Waals surface area contributed by atoms with Crippen molar-refractivity contribution in [1.29, 1.82) is 0 Å². The molecular weight excluding hydrogens is 206 g/mol. The standard InChI is InChI=1S/C16H21N/c1-3-13-17(15-10-5-4-6-11-15)16-12-8-7-9-14(16)2/h3-6,10-11H,1,7-9,12-13H2,2H3. The van der Waals surface area contributed by atoms with E-state index in [1.54, 1.807) is 5.57 Å². The van der Waals surface area contributed by atoms with Crippen molar-refractivity contribution >= 4 is 5.69 Å². The third-order valence-corrected chi connectivity index (χ3v) is 3.41. The SMILES string of the molecule is C=CCN(C1=C(C)CCCC1)c1ccccc1. The number of hydrogen-bond acceptors (Lipinski definition) is 1. The molecule has 0 unspecified atom stereocenters. The number of anilines is 1. The van der Waals surface area contributed by atoms with E-state index in [1.807, 2.05) is 6.08 Å². The van der Waals surface area contributed by atoms with Crippen molar-refractivity contribution in [2.24, 2.45) is 0 Å². The van der Waals surface area contributed by atoms with Crippen LogP contribution in [-0.2, 0) is 0 Å². The van der Waals surface area contributed by atoms with E-state index in [0.29, 0.717) is 0 Å². The van der Waals surface area contributed by atoms with Gasteiger partial charge in [0, 0.05) is 17.9 Å². The van der Waals surface area contributed by atoms with Crippen molar-refractivity contribution in [3.8, 4) is 0 Å². The quantitative estimate of drug-likeness (QED) is 0.683. The number of allylic oxidation sites excluding steroid dienone is 2. The summed E-state index contributed by atoms with van der Waals surface area (Å²) in [5.41, 5.74) is 4.33. The fourth-order valence-electron chi connectivity index (χ4n) is 2.51. The molecule has 0 atom stereocenters. The lowest BCUT2D eigenvalue weighted by atomic mass is 9.96. The Morgan fingerprint density at radius 1 is 1.18 bits per heavy atom. The molecule has 0 N–H and O–H groups in total. The van der Waals surface area contributed by atoms with Gasteiger partial charge in [-0.2, -0.15) is 0 Å². The van der Waals surface area contributed by atoms with Gasteiger partial charge in [-0.05, 0) is 44.7 Å². The molecule has 0 heterocycles. The third kappa shape index (κ3) is 2.79. The van der Waals surface area contributed by atoms with Crippen LogP contribution in [0.3, 0.4) is 0 Å². The summed E-state index contributed by atoms with van der Waals surface area (Å²) in [6.07, 6.45) is 7.09. The Balaban J connectivity index is 2.32. The molecule has 0 spiro atoms. The van der Waals surface area contributed by atoms with Crippen LogP contribution in [0.2, 0.25) is 0 Å². The molecule has 1 heteroatoms. The Morgan fingerprint density at radius 3 is 2.53 bits per heavy atom. The molecule has 0 saturated carbocycles. The number of hydrogen-bond donors (Lipinski definition) is 0. The summed E-state index contributed by atoms with van der Waals surface area (Å²) in [7, 11) is 0. The topological polar surface area (TPSA) is 3.24 Å². The number of nitrogens with zero attached hydrogens (tertiary/aromatic N) is 1. The summed E-state index contributed by atoms with van der Waals surface area (Å²) in [5, 5.41) is 0. The first-order chi connectivity index (χ1) is 8.33. The first-order valence-corrected chi connectivity index (χ1v) is 6.45. The second-order valence-electron chi connectivity index (χ2n) is 4.67. The molecule has 0 amide bonds. The fourth-order valence-corrected chi connectivity index (χ4v) is 2.51. The van der Waals surface area contributed by atoms with Crippen molar-refractivity contribution in [1.82, 2.24) is 0 Å². The van der Waals surface area contributed by atoms with Crippen LogP contribution in [-0.4, -0.2) is 6.54 Å². The lowest BCUT2D eigenvalue weighted by Crippen LogP contribution is -2.25. The Kier molecular flexibility index (Phi) is 4.03. The van der Waals surface area contributed by atoms with E-state index in [9.17, 15) is 0 Å². The van der Waals surface area contributed by atoms with Crippen molar-refractivity contribution in [3.63, 3.8) is 0 Å². The fraction of sp³-hybridized carbons (Fsp3) is 0.375. The average Bonchev–Trinajstić information content (AvgIpc) is 2.38. The van der Waals surface area contributed by atoms with E-state index >= 15 is 0 Å². The van der Waals surface area contributed by atoms with Gasteiger partial charge in [0.1, 0.15) is 0 Å². The zero-order chi connectivity index (χ0) is 12.1. The van der Waals surface area contributed by atoms with Crippen molar-refractivity contribution in [3.05, 3.63) is 54.3 Å². The summed E-state index contributed by atoms with van der Waals surface area (Å²) in [6.45, 7) is 7.05. The molecule has 1 nitrogen and oxygen atoms in total. The van der Waals surface area contributed by atoms with E-state index in [2.05, 4.69) is 48.7 Å². The maximum absolute atomic E-state index is 3.88. The van der Waals surface area contributed by atoms with Crippen LogP contribution in [0, 0.1) is 0 Å². The van der Waals surface area contributed by atoms with E-state index in [0.717, 1.165) is 6.54 Å². The molecule has 90 valence electrons. The van der Waals surface area contributed by atoms with Gasteiger partial charge in [0.05, 0.1) is 0 Å². The van der Waals surface area contributed by atoms with Crippen LogP contribution in [0.1, 0.15) is 32.6 Å². The van der Waals surface area contributed by atoms with Crippen molar-refractivity contribution < 1.29 is 0 Å². The number of benzene rings is 1. The highest BCUT2D eigenvalue weighted by Gasteiger charge is 2.16. The summed E-state index contributed by atoms with van der Waals surface area (Å²) in [4.78, 5) is 2.40. The molecule has 0 radical (unpaired) electrons. The first kappa shape index (κ1) is 12.0. The maximum Gasteiger partial charge on any atom is 0.0411 e. The smallest absolute Gasteiger partial charge is 0.0411 e. The molecule has 0 aromatic heterocycles. The number of rotatable bonds is 4. The van der Waals surface area contributed by atoms with Gasteiger partial charge in [-0.1, -0.05) is 29.8 Å². The monoisotopic (exact) mass is 227 g/mol. The molecule has 2 rings (SSSR count). The van der Waals surface area contributed by atoms with E-state index in [1.165, 1.54) is 37.1 Å². The summed E-state index contributed by atoms with van der Waals surface area (Å²) < 4.78 is 0. The molecule has 1 aliphatic carbocycles. The van der Waals surface area contributed by atoms with Crippen molar-refractivity contribution in [2.45, 2.75) is 32.6 Å². The van der Waals surface area contributed by atoms with Gasteiger partial charge in [-0.15, -0.1) is 6.58 Å². The average molecular weight is 227 g/mol. The second kappa shape index (κ2) is 5.72. The predicted molar refractivity (Wildman–Crippen MR) is 75.2 cm³/mol. The Labute approximate surface area is 104 Å². The summed E-state index contributed by atoms with van der Waals surface area (Å²) in [6, 6.07) is 10.6. The van der Waals surface area contributed by atoms with Gasteiger partial charge in [-0.3, -0.25) is 0 Å². The van der Waals surface area contributed by atoms with E-state index < -0.39 is 0 Å². The van der Waals surface area contributed by atoms with Gasteiger partial charge < -0.3 is 4.90 Å². The zero-order valence-electron chi connectivity index (χ0n) is 10.7. The minimum absolute atomic E-state index is 0.899. The Bertz CT molecular complexity index is 403. The van der Waals surface area contributed by atoms with Gasteiger partial charge >= 0.3 is 0 Å². The molecule has 0 saturated heterocycles. The highest BCUT2D eigenvalue weighted by molar-refractivity contribution is 5.53. The van der Waals surface area contributed by atoms with Crippen LogP contribution in [0.15, 0.2) is 54.3 Å². The van der Waals surface area contributed by atoms with Crippen LogP contribution in [0.4, 0.5) is 5.69 Å². The Morgan fingerprint density at radius 2 is 1.88 bits per heavy atom. The second-order valence-corrected chi connectivity index (χ2v) is 4.67. The molecule has 0 bridgehead atoms. The van der Waals surface area contributed by atoms with Crippen LogP contribution in [0.5, 0.6) is 0 Å².